The van der Waals surface area contributed by atoms with Crippen LogP contribution in [0.1, 0.15) is 34.1 Å². The van der Waals surface area contributed by atoms with E-state index in [1.165, 1.54) is 6.42 Å². The van der Waals surface area contributed by atoms with Gasteiger partial charge in [-0.3, -0.25) is 0 Å². The van der Waals surface area contributed by atoms with E-state index in [-0.39, 0.29) is 5.79 Å². The molecule has 2 aliphatic heterocycles. The largest absolute Gasteiger partial charge is 0.350 e. The molecule has 2 fully saturated rings. The van der Waals surface area contributed by atoms with Gasteiger partial charge in [-0.05, 0) is 19.3 Å². The lowest BCUT2D eigenvalue weighted by atomic mass is 9.90. The Morgan fingerprint density at radius 2 is 1.92 bits per heavy atom. The highest BCUT2D eigenvalue weighted by Gasteiger charge is 2.49. The maximum atomic E-state index is 5.55. The average molecular weight is 172 g/mol. The molecule has 0 aromatic heterocycles. The van der Waals surface area contributed by atoms with E-state index in [0.29, 0.717) is 11.8 Å². The summed E-state index contributed by atoms with van der Waals surface area (Å²) in [6.07, 6.45) is 1.18. The second kappa shape index (κ2) is 3.75. The van der Waals surface area contributed by atoms with Gasteiger partial charge >= 0.3 is 0 Å². The molecule has 12 heavy (non-hydrogen) atoms. The molecule has 0 radical (unpaired) electrons. The van der Waals surface area contributed by atoms with Crippen molar-refractivity contribution < 1.29 is 9.47 Å². The minimum Gasteiger partial charge on any atom is -0.350 e. The highest BCUT2D eigenvalue weighted by atomic mass is 16.7. The lowest BCUT2D eigenvalue weighted by Crippen LogP contribution is -2.29. The summed E-state index contributed by atoms with van der Waals surface area (Å²) in [5.41, 5.74) is 0. The smallest absolute Gasteiger partial charge is 0.168 e. The fourth-order valence-electron chi connectivity index (χ4n) is 2.12. The zero-order chi connectivity index (χ0) is 9.19. The summed E-state index contributed by atoms with van der Waals surface area (Å²) >= 11 is 0. The zero-order valence-electron chi connectivity index (χ0n) is 8.59. The fourth-order valence-corrected chi connectivity index (χ4v) is 2.12. The van der Waals surface area contributed by atoms with E-state index >= 15 is 0 Å². The molecule has 2 saturated heterocycles. The SMILES string of the molecule is CC.CC1CO[C@]2(C)OCC[C@H]12. The number of ether oxygens (including phenoxy) is 2. The molecule has 2 nitrogen and oxygen atoms in total. The van der Waals surface area contributed by atoms with E-state index in [1.807, 2.05) is 13.8 Å². The van der Waals surface area contributed by atoms with Crippen LogP contribution in [0.5, 0.6) is 0 Å². The van der Waals surface area contributed by atoms with Crippen LogP contribution in [0.3, 0.4) is 0 Å². The standard InChI is InChI=1S/C8H14O2.C2H6/c1-6-5-10-8(2)7(6)3-4-9-8;1-2/h6-7H,3-5H2,1-2H3;1-2H3/t6?,7-,8+;/m1./s1. The van der Waals surface area contributed by atoms with Gasteiger partial charge in [0.25, 0.3) is 0 Å². The topological polar surface area (TPSA) is 18.5 Å². The summed E-state index contributed by atoms with van der Waals surface area (Å²) in [7, 11) is 0. The van der Waals surface area contributed by atoms with Gasteiger partial charge in [0, 0.05) is 5.92 Å². The summed E-state index contributed by atoms with van der Waals surface area (Å²) in [4.78, 5) is 0. The van der Waals surface area contributed by atoms with Crippen LogP contribution in [0.15, 0.2) is 0 Å². The van der Waals surface area contributed by atoms with Crippen molar-refractivity contribution >= 4 is 0 Å². The van der Waals surface area contributed by atoms with Crippen molar-refractivity contribution in [1.29, 1.82) is 0 Å². The third-order valence-corrected chi connectivity index (χ3v) is 2.81. The first-order valence-corrected chi connectivity index (χ1v) is 5.00. The highest BCUT2D eigenvalue weighted by Crippen LogP contribution is 2.43. The van der Waals surface area contributed by atoms with Crippen molar-refractivity contribution in [3.8, 4) is 0 Å². The summed E-state index contributed by atoms with van der Waals surface area (Å²) in [6, 6.07) is 0. The van der Waals surface area contributed by atoms with Crippen LogP contribution in [-0.2, 0) is 9.47 Å². The Morgan fingerprint density at radius 3 is 2.50 bits per heavy atom. The van der Waals surface area contributed by atoms with Gasteiger partial charge in [0.2, 0.25) is 0 Å². The van der Waals surface area contributed by atoms with Crippen molar-refractivity contribution in [2.45, 2.75) is 39.9 Å². The van der Waals surface area contributed by atoms with Crippen LogP contribution in [-0.4, -0.2) is 19.0 Å². The molecule has 3 atom stereocenters. The number of rotatable bonds is 0. The Balaban J connectivity index is 0.000000336. The van der Waals surface area contributed by atoms with Crippen LogP contribution in [0.2, 0.25) is 0 Å². The number of hydrogen-bond acceptors (Lipinski definition) is 2. The van der Waals surface area contributed by atoms with Crippen molar-refractivity contribution in [3.05, 3.63) is 0 Å². The molecule has 2 heterocycles. The molecule has 0 N–H and O–H groups in total. The molecule has 72 valence electrons. The molecule has 0 aromatic carbocycles. The molecule has 2 heteroatoms. The molecule has 0 aromatic rings. The van der Waals surface area contributed by atoms with Crippen LogP contribution in [0.25, 0.3) is 0 Å². The molecular weight excluding hydrogens is 152 g/mol. The van der Waals surface area contributed by atoms with Crippen molar-refractivity contribution in [2.75, 3.05) is 13.2 Å². The number of fused-ring (bicyclic) bond motifs is 1. The van der Waals surface area contributed by atoms with E-state index in [2.05, 4.69) is 13.8 Å². The van der Waals surface area contributed by atoms with Gasteiger partial charge in [-0.15, -0.1) is 0 Å². The average Bonchev–Trinajstić information content (AvgIpc) is 2.57. The summed E-state index contributed by atoms with van der Waals surface area (Å²) in [5, 5.41) is 0. The Morgan fingerprint density at radius 1 is 1.25 bits per heavy atom. The van der Waals surface area contributed by atoms with Gasteiger partial charge in [0.15, 0.2) is 5.79 Å². The van der Waals surface area contributed by atoms with Crippen molar-refractivity contribution in [2.24, 2.45) is 11.8 Å². The maximum absolute atomic E-state index is 5.55. The Kier molecular flexibility index (Phi) is 3.13. The first-order chi connectivity index (χ1) is 5.72. The van der Waals surface area contributed by atoms with Crippen molar-refractivity contribution in [3.63, 3.8) is 0 Å². The molecule has 0 aliphatic carbocycles. The molecular formula is C10H20O2. The third kappa shape index (κ3) is 1.50. The van der Waals surface area contributed by atoms with Crippen molar-refractivity contribution in [1.82, 2.24) is 0 Å². The highest BCUT2D eigenvalue weighted by molar-refractivity contribution is 4.89. The van der Waals surface area contributed by atoms with Gasteiger partial charge in [-0.2, -0.15) is 0 Å². The van der Waals surface area contributed by atoms with Gasteiger partial charge in [-0.1, -0.05) is 20.8 Å². The predicted octanol–water partition coefficient (Wildman–Crippen LogP) is 2.43. The molecule has 0 saturated carbocycles. The second-order valence-electron chi connectivity index (χ2n) is 3.55. The first-order valence-electron chi connectivity index (χ1n) is 5.00. The van der Waals surface area contributed by atoms with Crippen LogP contribution in [0.4, 0.5) is 0 Å². The summed E-state index contributed by atoms with van der Waals surface area (Å²) in [6.45, 7) is 10.1. The maximum Gasteiger partial charge on any atom is 0.168 e. The molecule has 2 aliphatic rings. The first kappa shape index (κ1) is 10.0. The molecule has 0 spiro atoms. The van der Waals surface area contributed by atoms with Gasteiger partial charge < -0.3 is 9.47 Å². The molecule has 2 rings (SSSR count). The van der Waals surface area contributed by atoms with Gasteiger partial charge in [0.05, 0.1) is 13.2 Å². The van der Waals surface area contributed by atoms with Crippen LogP contribution < -0.4 is 0 Å². The fraction of sp³-hybridized carbons (Fsp3) is 1.00. The quantitative estimate of drug-likeness (QED) is 0.558. The zero-order valence-corrected chi connectivity index (χ0v) is 8.59. The van der Waals surface area contributed by atoms with E-state index in [1.54, 1.807) is 0 Å². The predicted molar refractivity (Wildman–Crippen MR) is 48.9 cm³/mol. The minimum atomic E-state index is -0.223. The second-order valence-corrected chi connectivity index (χ2v) is 3.55. The van der Waals surface area contributed by atoms with Crippen LogP contribution >= 0.6 is 0 Å². The van der Waals surface area contributed by atoms with Gasteiger partial charge in [-0.25, -0.2) is 0 Å². The number of hydrogen-bond donors (Lipinski definition) is 0. The summed E-state index contributed by atoms with van der Waals surface area (Å²) in [5.74, 6) is 1.11. The van der Waals surface area contributed by atoms with E-state index in [4.69, 9.17) is 9.47 Å². The third-order valence-electron chi connectivity index (χ3n) is 2.81. The molecule has 0 amide bonds. The van der Waals surface area contributed by atoms with E-state index in [9.17, 15) is 0 Å². The lowest BCUT2D eigenvalue weighted by molar-refractivity contribution is -0.181. The van der Waals surface area contributed by atoms with Gasteiger partial charge in [0.1, 0.15) is 0 Å². The van der Waals surface area contributed by atoms with Crippen LogP contribution in [0, 0.1) is 11.8 Å². The summed E-state index contributed by atoms with van der Waals surface area (Å²) < 4.78 is 11.1. The Hall–Kier alpha value is -0.0800. The monoisotopic (exact) mass is 172 g/mol. The normalized spacial score (nSPS) is 45.0. The molecule has 1 unspecified atom stereocenters. The van der Waals surface area contributed by atoms with E-state index in [0.717, 1.165) is 13.2 Å². The lowest BCUT2D eigenvalue weighted by Gasteiger charge is -2.22. The van der Waals surface area contributed by atoms with E-state index < -0.39 is 0 Å². The Labute approximate surface area is 75.2 Å². The minimum absolute atomic E-state index is 0.223. The molecule has 0 bridgehead atoms. The Bertz CT molecular complexity index is 147.